The van der Waals surface area contributed by atoms with E-state index in [2.05, 4.69) is 5.32 Å². The molecule has 2 unspecified atom stereocenters. The van der Waals surface area contributed by atoms with E-state index in [0.717, 1.165) is 13.1 Å². The highest BCUT2D eigenvalue weighted by Crippen LogP contribution is 2.34. The second-order valence-corrected chi connectivity index (χ2v) is 4.05. The fourth-order valence-electron chi connectivity index (χ4n) is 1.48. The fraction of sp³-hybridized carbons (Fsp3) is 0.714. The third-order valence-electron chi connectivity index (χ3n) is 1.99. The molecule has 1 saturated heterocycles. The average molecular weight is 157 g/mol. The van der Waals surface area contributed by atoms with Gasteiger partial charge in [-0.1, -0.05) is 0 Å². The van der Waals surface area contributed by atoms with Crippen LogP contribution in [0.2, 0.25) is 0 Å². The van der Waals surface area contributed by atoms with Crippen molar-refractivity contribution in [3.05, 3.63) is 11.6 Å². The van der Waals surface area contributed by atoms with Gasteiger partial charge in [0.15, 0.2) is 0 Å². The maximum Gasteiger partial charge on any atom is 0.119 e. The number of rotatable bonds is 0. The number of hydrogen-bond donors (Lipinski definition) is 2. The molecule has 0 bridgehead atoms. The van der Waals surface area contributed by atoms with Crippen LogP contribution in [0.5, 0.6) is 0 Å². The van der Waals surface area contributed by atoms with Gasteiger partial charge in [-0.3, -0.25) is 0 Å². The molecule has 0 amide bonds. The molecule has 0 spiro atoms. The first kappa shape index (κ1) is 6.70. The Hall–Kier alpha value is 0.01000. The van der Waals surface area contributed by atoms with Crippen LogP contribution in [0.3, 0.4) is 0 Å². The van der Waals surface area contributed by atoms with E-state index in [1.54, 1.807) is 11.8 Å². The number of fused-ring (bicyclic) bond motifs is 1. The van der Waals surface area contributed by atoms with E-state index in [0.29, 0.717) is 5.25 Å². The molecule has 0 aliphatic carbocycles. The normalized spacial score (nSPS) is 39.1. The van der Waals surface area contributed by atoms with Crippen LogP contribution in [0.25, 0.3) is 0 Å². The van der Waals surface area contributed by atoms with E-state index in [1.165, 1.54) is 12.0 Å². The third kappa shape index (κ3) is 1.09. The van der Waals surface area contributed by atoms with Gasteiger partial charge < -0.3 is 10.4 Å². The molecular formula is C7H11NOS. The molecule has 2 heterocycles. The first-order chi connectivity index (χ1) is 4.86. The van der Waals surface area contributed by atoms with Gasteiger partial charge >= 0.3 is 0 Å². The molecule has 2 rings (SSSR count). The minimum absolute atomic E-state index is 0.236. The Morgan fingerprint density at radius 3 is 3.40 bits per heavy atom. The summed E-state index contributed by atoms with van der Waals surface area (Å²) in [6, 6.07) is 0. The van der Waals surface area contributed by atoms with Crippen molar-refractivity contribution in [3.8, 4) is 0 Å². The largest absolute Gasteiger partial charge is 0.379 e. The van der Waals surface area contributed by atoms with Gasteiger partial charge in [-0.15, -0.1) is 11.8 Å². The van der Waals surface area contributed by atoms with Gasteiger partial charge in [-0.05, 0) is 24.6 Å². The second-order valence-electron chi connectivity index (χ2n) is 2.72. The van der Waals surface area contributed by atoms with Gasteiger partial charge in [0.25, 0.3) is 0 Å². The Morgan fingerprint density at radius 2 is 2.60 bits per heavy atom. The molecule has 0 aromatic carbocycles. The van der Waals surface area contributed by atoms with Crippen molar-refractivity contribution < 1.29 is 5.11 Å². The van der Waals surface area contributed by atoms with Crippen molar-refractivity contribution in [1.29, 1.82) is 0 Å². The topological polar surface area (TPSA) is 32.3 Å². The van der Waals surface area contributed by atoms with E-state index >= 15 is 0 Å². The Labute approximate surface area is 64.7 Å². The number of thioether (sulfide) groups is 1. The van der Waals surface area contributed by atoms with Crippen LogP contribution >= 0.6 is 11.8 Å². The number of aliphatic hydroxyl groups is 1. The molecule has 10 heavy (non-hydrogen) atoms. The molecule has 0 aromatic rings. The smallest absolute Gasteiger partial charge is 0.119 e. The summed E-state index contributed by atoms with van der Waals surface area (Å²) in [5.41, 5.74) is 1.16. The van der Waals surface area contributed by atoms with Gasteiger partial charge in [0.1, 0.15) is 5.44 Å². The predicted molar refractivity (Wildman–Crippen MR) is 43.0 cm³/mol. The molecule has 2 N–H and O–H groups in total. The minimum atomic E-state index is -0.236. The second kappa shape index (κ2) is 2.57. The maximum absolute atomic E-state index is 9.22. The quantitative estimate of drug-likeness (QED) is 0.497. The van der Waals surface area contributed by atoms with Crippen molar-refractivity contribution >= 4 is 11.8 Å². The molecule has 2 atom stereocenters. The standard InChI is InChI=1S/C7H11NOS/c9-7-3-5-4-8-2-1-6(5)10-7/h3,6-9H,1-2,4H2. The summed E-state index contributed by atoms with van der Waals surface area (Å²) in [7, 11) is 0. The third-order valence-corrected chi connectivity index (χ3v) is 3.27. The summed E-state index contributed by atoms with van der Waals surface area (Å²) in [5.74, 6) is 0. The summed E-state index contributed by atoms with van der Waals surface area (Å²) in [5, 5.41) is 13.1. The first-order valence-electron chi connectivity index (χ1n) is 3.61. The van der Waals surface area contributed by atoms with Gasteiger partial charge in [-0.2, -0.15) is 0 Å². The van der Waals surface area contributed by atoms with Crippen LogP contribution in [-0.4, -0.2) is 28.9 Å². The number of piperidine rings is 1. The van der Waals surface area contributed by atoms with E-state index < -0.39 is 0 Å². The highest BCUT2D eigenvalue weighted by atomic mass is 32.2. The first-order valence-corrected chi connectivity index (χ1v) is 4.55. The summed E-state index contributed by atoms with van der Waals surface area (Å²) in [6.07, 6.45) is 3.15. The van der Waals surface area contributed by atoms with Crippen LogP contribution < -0.4 is 5.32 Å². The summed E-state index contributed by atoms with van der Waals surface area (Å²) >= 11 is 1.67. The number of nitrogens with one attached hydrogen (secondary N) is 1. The zero-order valence-electron chi connectivity index (χ0n) is 5.71. The lowest BCUT2D eigenvalue weighted by atomic mass is 10.1. The summed E-state index contributed by atoms with van der Waals surface area (Å²) in [6.45, 7) is 2.08. The number of hydrogen-bond acceptors (Lipinski definition) is 3. The van der Waals surface area contributed by atoms with Crippen LogP contribution in [0.4, 0.5) is 0 Å². The molecular weight excluding hydrogens is 146 g/mol. The van der Waals surface area contributed by atoms with E-state index in [9.17, 15) is 5.11 Å². The zero-order chi connectivity index (χ0) is 6.97. The monoisotopic (exact) mass is 157 g/mol. The lowest BCUT2D eigenvalue weighted by Gasteiger charge is -2.20. The molecule has 2 aliphatic rings. The van der Waals surface area contributed by atoms with E-state index in [1.807, 2.05) is 6.08 Å². The van der Waals surface area contributed by atoms with Crippen LogP contribution in [0, 0.1) is 0 Å². The van der Waals surface area contributed by atoms with Crippen molar-refractivity contribution in [2.75, 3.05) is 13.1 Å². The lowest BCUT2D eigenvalue weighted by Crippen LogP contribution is -2.30. The average Bonchev–Trinajstić information content (AvgIpc) is 2.27. The molecule has 0 saturated carbocycles. The van der Waals surface area contributed by atoms with Gasteiger partial charge in [-0.25, -0.2) is 0 Å². The molecule has 3 heteroatoms. The van der Waals surface area contributed by atoms with Crippen molar-refractivity contribution in [2.24, 2.45) is 0 Å². The number of aliphatic hydroxyl groups excluding tert-OH is 1. The van der Waals surface area contributed by atoms with Crippen molar-refractivity contribution in [3.63, 3.8) is 0 Å². The SMILES string of the molecule is OC1C=C2CNCCC2S1. The Morgan fingerprint density at radius 1 is 1.70 bits per heavy atom. The molecule has 56 valence electrons. The fourth-order valence-corrected chi connectivity index (χ4v) is 2.66. The van der Waals surface area contributed by atoms with Gasteiger partial charge in [0.05, 0.1) is 0 Å². The van der Waals surface area contributed by atoms with E-state index in [-0.39, 0.29) is 5.44 Å². The minimum Gasteiger partial charge on any atom is -0.379 e. The predicted octanol–water partition coefficient (Wildman–Crippen LogP) is 0.340. The zero-order valence-corrected chi connectivity index (χ0v) is 6.53. The van der Waals surface area contributed by atoms with Crippen molar-refractivity contribution in [1.82, 2.24) is 5.32 Å². The lowest BCUT2D eigenvalue weighted by molar-refractivity contribution is 0.311. The molecule has 1 fully saturated rings. The Balaban J connectivity index is 2.10. The highest BCUT2D eigenvalue weighted by molar-refractivity contribution is 8.00. The summed E-state index contributed by atoms with van der Waals surface area (Å²) in [4.78, 5) is 0. The molecule has 0 radical (unpaired) electrons. The molecule has 2 aliphatic heterocycles. The Bertz CT molecular complexity index is 169. The van der Waals surface area contributed by atoms with Gasteiger partial charge in [0.2, 0.25) is 0 Å². The highest BCUT2D eigenvalue weighted by Gasteiger charge is 2.27. The van der Waals surface area contributed by atoms with Crippen LogP contribution in [0.15, 0.2) is 11.6 Å². The molecule has 2 nitrogen and oxygen atoms in total. The molecule has 0 aromatic heterocycles. The maximum atomic E-state index is 9.22. The summed E-state index contributed by atoms with van der Waals surface area (Å²) < 4.78 is 0. The van der Waals surface area contributed by atoms with Gasteiger partial charge in [0, 0.05) is 11.8 Å². The van der Waals surface area contributed by atoms with Crippen LogP contribution in [-0.2, 0) is 0 Å². The van der Waals surface area contributed by atoms with E-state index in [4.69, 9.17) is 0 Å². The Kier molecular flexibility index (Phi) is 1.72. The van der Waals surface area contributed by atoms with Crippen molar-refractivity contribution in [2.45, 2.75) is 17.1 Å². The van der Waals surface area contributed by atoms with Crippen LogP contribution in [0.1, 0.15) is 6.42 Å².